The van der Waals surface area contributed by atoms with Gasteiger partial charge < -0.3 is 14.5 Å². The van der Waals surface area contributed by atoms with Crippen molar-refractivity contribution in [3.05, 3.63) is 22.4 Å². The summed E-state index contributed by atoms with van der Waals surface area (Å²) < 4.78 is 5.11. The van der Waals surface area contributed by atoms with Crippen molar-refractivity contribution in [1.82, 2.24) is 9.80 Å². The first-order chi connectivity index (χ1) is 12.6. The zero-order valence-electron chi connectivity index (χ0n) is 15.2. The average Bonchev–Trinajstić information content (AvgIpc) is 3.22. The maximum absolute atomic E-state index is 12.9. The molecule has 26 heavy (non-hydrogen) atoms. The fraction of sp³-hybridized carbons (Fsp3) is 0.632. The second-order valence-corrected chi connectivity index (χ2v) is 7.87. The quantitative estimate of drug-likeness (QED) is 0.755. The summed E-state index contributed by atoms with van der Waals surface area (Å²) in [6, 6.07) is 3.72. The van der Waals surface area contributed by atoms with Gasteiger partial charge in [0.2, 0.25) is 5.91 Å². The lowest BCUT2D eigenvalue weighted by atomic mass is 9.92. The van der Waals surface area contributed by atoms with Gasteiger partial charge in [-0.15, -0.1) is 11.3 Å². The molecule has 0 radical (unpaired) electrons. The van der Waals surface area contributed by atoms with Crippen molar-refractivity contribution in [2.45, 2.75) is 32.6 Å². The second kappa shape index (κ2) is 8.66. The van der Waals surface area contributed by atoms with E-state index < -0.39 is 0 Å². The molecule has 1 atom stereocenters. The highest BCUT2D eigenvalue weighted by Crippen LogP contribution is 2.25. The first-order valence-electron chi connectivity index (χ1n) is 9.38. The third-order valence-corrected chi connectivity index (χ3v) is 6.07. The molecule has 2 fully saturated rings. The van der Waals surface area contributed by atoms with Crippen molar-refractivity contribution in [1.29, 1.82) is 0 Å². The number of nitrogens with zero attached hydrogens (tertiary/aromatic N) is 2. The summed E-state index contributed by atoms with van der Waals surface area (Å²) in [5.41, 5.74) is 0. The number of thiophene rings is 1. The average molecular weight is 378 g/mol. The van der Waals surface area contributed by atoms with Gasteiger partial charge in [0.05, 0.1) is 17.4 Å². The summed E-state index contributed by atoms with van der Waals surface area (Å²) >= 11 is 1.45. The molecular weight excluding hydrogens is 352 g/mol. The number of piperidine rings is 2. The van der Waals surface area contributed by atoms with E-state index >= 15 is 0 Å². The van der Waals surface area contributed by atoms with Gasteiger partial charge in [-0.2, -0.15) is 0 Å². The van der Waals surface area contributed by atoms with Crippen LogP contribution < -0.4 is 0 Å². The lowest BCUT2D eigenvalue weighted by molar-refractivity contribution is -0.152. The van der Waals surface area contributed by atoms with Crippen LogP contribution in [-0.4, -0.2) is 60.4 Å². The Kier molecular flexibility index (Phi) is 6.29. The van der Waals surface area contributed by atoms with Crippen molar-refractivity contribution < 1.29 is 19.1 Å². The molecule has 2 aliphatic heterocycles. The largest absolute Gasteiger partial charge is 0.466 e. The second-order valence-electron chi connectivity index (χ2n) is 6.92. The van der Waals surface area contributed by atoms with E-state index in [0.717, 1.165) is 17.7 Å². The maximum Gasteiger partial charge on any atom is 0.310 e. The number of carbonyl (C=O) groups excluding carboxylic acids is 3. The van der Waals surface area contributed by atoms with Crippen LogP contribution in [0.25, 0.3) is 0 Å². The molecule has 142 valence electrons. The van der Waals surface area contributed by atoms with Crippen LogP contribution in [0.15, 0.2) is 17.5 Å². The van der Waals surface area contributed by atoms with Crippen LogP contribution >= 0.6 is 11.3 Å². The fourth-order valence-electron chi connectivity index (χ4n) is 3.77. The van der Waals surface area contributed by atoms with Gasteiger partial charge >= 0.3 is 5.97 Å². The lowest BCUT2D eigenvalue weighted by Gasteiger charge is -2.37. The van der Waals surface area contributed by atoms with Crippen LogP contribution in [0.2, 0.25) is 0 Å². The molecule has 1 unspecified atom stereocenters. The van der Waals surface area contributed by atoms with Crippen molar-refractivity contribution in [2.24, 2.45) is 11.8 Å². The first kappa shape index (κ1) is 18.9. The van der Waals surface area contributed by atoms with Gasteiger partial charge in [0.15, 0.2) is 0 Å². The summed E-state index contributed by atoms with van der Waals surface area (Å²) in [5.74, 6) is -0.258. The molecule has 3 heterocycles. The Morgan fingerprint density at radius 2 is 1.88 bits per heavy atom. The molecular formula is C19H26N2O4S. The number of esters is 1. The Morgan fingerprint density at radius 1 is 1.12 bits per heavy atom. The molecule has 1 aromatic heterocycles. The zero-order chi connectivity index (χ0) is 18.5. The van der Waals surface area contributed by atoms with E-state index in [1.54, 1.807) is 6.92 Å². The van der Waals surface area contributed by atoms with Gasteiger partial charge in [0.1, 0.15) is 0 Å². The Morgan fingerprint density at radius 3 is 2.54 bits per heavy atom. The van der Waals surface area contributed by atoms with E-state index in [1.165, 1.54) is 11.3 Å². The van der Waals surface area contributed by atoms with Crippen molar-refractivity contribution in [3.63, 3.8) is 0 Å². The summed E-state index contributed by atoms with van der Waals surface area (Å²) in [5, 5.41) is 1.90. The molecule has 3 rings (SSSR count). The molecule has 0 spiro atoms. The van der Waals surface area contributed by atoms with E-state index in [-0.39, 0.29) is 29.6 Å². The van der Waals surface area contributed by atoms with Crippen molar-refractivity contribution in [3.8, 4) is 0 Å². The zero-order valence-corrected chi connectivity index (χ0v) is 16.0. The number of likely N-dealkylation sites (tertiary alicyclic amines) is 2. The van der Waals surface area contributed by atoms with E-state index in [2.05, 4.69) is 0 Å². The van der Waals surface area contributed by atoms with Gasteiger partial charge in [0.25, 0.3) is 5.91 Å². The third-order valence-electron chi connectivity index (χ3n) is 5.22. The monoisotopic (exact) mass is 378 g/mol. The van der Waals surface area contributed by atoms with Gasteiger partial charge in [-0.1, -0.05) is 6.07 Å². The highest BCUT2D eigenvalue weighted by molar-refractivity contribution is 7.12. The van der Waals surface area contributed by atoms with Crippen LogP contribution in [0.3, 0.4) is 0 Å². The summed E-state index contributed by atoms with van der Waals surface area (Å²) in [6.07, 6.45) is 3.01. The van der Waals surface area contributed by atoms with Gasteiger partial charge in [-0.25, -0.2) is 0 Å². The summed E-state index contributed by atoms with van der Waals surface area (Å²) in [6.45, 7) is 4.58. The lowest BCUT2D eigenvalue weighted by Crippen LogP contribution is -2.48. The van der Waals surface area contributed by atoms with E-state index in [4.69, 9.17) is 4.74 Å². The molecule has 0 N–H and O–H groups in total. The van der Waals surface area contributed by atoms with Crippen LogP contribution in [-0.2, 0) is 14.3 Å². The standard InChI is InChI=1S/C19H26N2O4S/c1-2-25-19(24)15-5-3-9-21(13-15)17(22)14-7-10-20(11-8-14)18(23)16-6-4-12-26-16/h4,6,12,14-15H,2-3,5,7-11,13H2,1H3. The maximum atomic E-state index is 12.9. The van der Waals surface area contributed by atoms with Crippen LogP contribution in [0.4, 0.5) is 0 Å². The molecule has 0 saturated carbocycles. The van der Waals surface area contributed by atoms with Gasteiger partial charge in [-0.3, -0.25) is 14.4 Å². The molecule has 2 amide bonds. The highest BCUT2D eigenvalue weighted by atomic mass is 32.1. The Balaban J connectivity index is 1.51. The smallest absolute Gasteiger partial charge is 0.310 e. The van der Waals surface area contributed by atoms with Crippen LogP contribution in [0, 0.1) is 11.8 Å². The predicted octanol–water partition coefficient (Wildman–Crippen LogP) is 2.40. The first-order valence-corrected chi connectivity index (χ1v) is 10.3. The molecule has 1 aromatic rings. The minimum absolute atomic E-state index is 0.0525. The number of amides is 2. The predicted molar refractivity (Wildman–Crippen MR) is 98.9 cm³/mol. The molecule has 0 aliphatic carbocycles. The molecule has 2 saturated heterocycles. The topological polar surface area (TPSA) is 66.9 Å². The summed E-state index contributed by atoms with van der Waals surface area (Å²) in [7, 11) is 0. The SMILES string of the molecule is CCOC(=O)C1CCCN(C(=O)C2CCN(C(=O)c3cccs3)CC2)C1. The Bertz CT molecular complexity index is 638. The highest BCUT2D eigenvalue weighted by Gasteiger charge is 2.34. The minimum atomic E-state index is -0.201. The molecule has 0 aromatic carbocycles. The third kappa shape index (κ3) is 4.26. The Hall–Kier alpha value is -1.89. The molecule has 6 nitrogen and oxygen atoms in total. The molecule has 2 aliphatic rings. The molecule has 7 heteroatoms. The normalized spacial score (nSPS) is 21.5. The van der Waals surface area contributed by atoms with Crippen LogP contribution in [0.5, 0.6) is 0 Å². The van der Waals surface area contributed by atoms with E-state index in [9.17, 15) is 14.4 Å². The van der Waals surface area contributed by atoms with E-state index in [0.29, 0.717) is 45.6 Å². The van der Waals surface area contributed by atoms with Gasteiger partial charge in [-0.05, 0) is 44.1 Å². The molecule has 0 bridgehead atoms. The number of rotatable bonds is 4. The van der Waals surface area contributed by atoms with Crippen molar-refractivity contribution in [2.75, 3.05) is 32.8 Å². The van der Waals surface area contributed by atoms with Gasteiger partial charge in [0, 0.05) is 32.1 Å². The van der Waals surface area contributed by atoms with Crippen LogP contribution in [0.1, 0.15) is 42.3 Å². The van der Waals surface area contributed by atoms with Crippen molar-refractivity contribution >= 4 is 29.1 Å². The number of hydrogen-bond donors (Lipinski definition) is 0. The fourth-order valence-corrected chi connectivity index (χ4v) is 4.46. The minimum Gasteiger partial charge on any atom is -0.466 e. The van der Waals surface area contributed by atoms with E-state index in [1.807, 2.05) is 27.3 Å². The Labute approximate surface area is 158 Å². The number of ether oxygens (including phenoxy) is 1. The summed E-state index contributed by atoms with van der Waals surface area (Å²) in [4.78, 5) is 41.7. The number of carbonyl (C=O) groups is 3. The number of hydrogen-bond acceptors (Lipinski definition) is 5.